The molecule has 0 saturated carbocycles. The number of amides is 2. The third-order valence-electron chi connectivity index (χ3n) is 4.79. The highest BCUT2D eigenvalue weighted by atomic mass is 19.1. The van der Waals surface area contributed by atoms with Gasteiger partial charge in [0.2, 0.25) is 11.8 Å². The van der Waals surface area contributed by atoms with Crippen LogP contribution >= 0.6 is 0 Å². The molecule has 33 heavy (non-hydrogen) atoms. The number of hydrogen-bond donors (Lipinski definition) is 1. The molecule has 0 bridgehead atoms. The molecule has 0 aliphatic heterocycles. The first kappa shape index (κ1) is 23.5. The second-order valence-corrected chi connectivity index (χ2v) is 7.28. The van der Waals surface area contributed by atoms with Crippen molar-refractivity contribution in [2.45, 2.75) is 25.9 Å². The Morgan fingerprint density at radius 2 is 1.76 bits per heavy atom. The van der Waals surface area contributed by atoms with Gasteiger partial charge in [0.25, 0.3) is 0 Å². The number of halogens is 1. The number of ether oxygens (including phenoxy) is 1. The number of carbonyl (C=O) groups is 2. The molecule has 0 atom stereocenters. The number of nitrogens with one attached hydrogen (secondary N) is 1. The summed E-state index contributed by atoms with van der Waals surface area (Å²) < 4.78 is 18.9. The number of anilines is 2. The van der Waals surface area contributed by atoms with Crippen LogP contribution in [0, 0.1) is 17.1 Å². The first-order valence-corrected chi connectivity index (χ1v) is 10.5. The van der Waals surface area contributed by atoms with E-state index in [1.165, 1.54) is 17.0 Å². The zero-order chi connectivity index (χ0) is 23.5. The molecule has 0 unspecified atom stereocenters. The van der Waals surface area contributed by atoms with Gasteiger partial charge in [0.1, 0.15) is 18.2 Å². The first-order valence-electron chi connectivity index (χ1n) is 10.5. The van der Waals surface area contributed by atoms with E-state index in [-0.39, 0.29) is 50.0 Å². The molecule has 0 aliphatic rings. The monoisotopic (exact) mass is 445 g/mol. The number of para-hydroxylation sites is 1. The fourth-order valence-corrected chi connectivity index (χ4v) is 3.21. The molecule has 0 spiro atoms. The highest BCUT2D eigenvalue weighted by Crippen LogP contribution is 2.18. The summed E-state index contributed by atoms with van der Waals surface area (Å²) in [4.78, 5) is 26.6. The molecule has 0 radical (unpaired) electrons. The van der Waals surface area contributed by atoms with Gasteiger partial charge in [-0.2, -0.15) is 5.26 Å². The molecule has 3 aromatic rings. The van der Waals surface area contributed by atoms with E-state index in [0.29, 0.717) is 17.1 Å². The zero-order valence-corrected chi connectivity index (χ0v) is 18.0. The van der Waals surface area contributed by atoms with E-state index in [2.05, 4.69) is 5.32 Å². The molecular formula is C26H24FN3O3. The summed E-state index contributed by atoms with van der Waals surface area (Å²) in [6.45, 7) is 0.491. The molecule has 0 heterocycles. The number of nitrogens with zero attached hydrogens (tertiary/aromatic N) is 2. The van der Waals surface area contributed by atoms with Crippen LogP contribution in [0.25, 0.3) is 0 Å². The van der Waals surface area contributed by atoms with Crippen molar-refractivity contribution in [3.05, 3.63) is 90.2 Å². The maximum Gasteiger partial charge on any atom is 0.227 e. The van der Waals surface area contributed by atoms with Gasteiger partial charge >= 0.3 is 0 Å². The van der Waals surface area contributed by atoms with Crippen LogP contribution in [0.15, 0.2) is 78.9 Å². The van der Waals surface area contributed by atoms with Crippen molar-refractivity contribution < 1.29 is 18.7 Å². The minimum atomic E-state index is -0.374. The highest BCUT2D eigenvalue weighted by Gasteiger charge is 2.16. The van der Waals surface area contributed by atoms with Crippen LogP contribution in [0.4, 0.5) is 15.8 Å². The third kappa shape index (κ3) is 7.47. The molecule has 0 saturated heterocycles. The normalized spacial score (nSPS) is 10.2. The molecule has 0 fully saturated rings. The van der Waals surface area contributed by atoms with Gasteiger partial charge < -0.3 is 15.0 Å². The third-order valence-corrected chi connectivity index (χ3v) is 4.79. The summed E-state index contributed by atoms with van der Waals surface area (Å²) in [6.07, 6.45) is 0.241. The maximum absolute atomic E-state index is 13.3. The molecule has 0 aliphatic carbocycles. The lowest BCUT2D eigenvalue weighted by atomic mass is 10.2. The lowest BCUT2D eigenvalue weighted by molar-refractivity contribution is -0.122. The lowest BCUT2D eigenvalue weighted by Crippen LogP contribution is -2.32. The van der Waals surface area contributed by atoms with E-state index in [1.807, 2.05) is 30.3 Å². The number of hydrogen-bond acceptors (Lipinski definition) is 4. The summed E-state index contributed by atoms with van der Waals surface area (Å²) in [5.74, 6) is -0.465. The summed E-state index contributed by atoms with van der Waals surface area (Å²) >= 11 is 0. The van der Waals surface area contributed by atoms with Crippen molar-refractivity contribution in [1.29, 1.82) is 5.26 Å². The van der Waals surface area contributed by atoms with Gasteiger partial charge in [0.15, 0.2) is 0 Å². The number of carbonyl (C=O) groups excluding carboxylic acids is 2. The van der Waals surface area contributed by atoms with Crippen molar-refractivity contribution >= 4 is 23.2 Å². The van der Waals surface area contributed by atoms with E-state index < -0.39 is 0 Å². The quantitative estimate of drug-likeness (QED) is 0.472. The van der Waals surface area contributed by atoms with Crippen LogP contribution in [0.1, 0.15) is 24.8 Å². The Hall–Kier alpha value is -4.18. The average molecular weight is 445 g/mol. The number of rotatable bonds is 10. The molecule has 3 rings (SSSR count). The Bertz CT molecular complexity index is 1130. The summed E-state index contributed by atoms with van der Waals surface area (Å²) in [5, 5.41) is 11.7. The van der Waals surface area contributed by atoms with Crippen LogP contribution in [0.2, 0.25) is 0 Å². The van der Waals surface area contributed by atoms with Gasteiger partial charge in [-0.1, -0.05) is 36.4 Å². The molecular weight excluding hydrogens is 421 g/mol. The SMILES string of the molecule is N#CCCN(C(=O)CCC(=O)Nc1cccc(COc2cccc(F)c2)c1)c1ccccc1. The van der Waals surface area contributed by atoms with Crippen LogP contribution in [0.5, 0.6) is 5.75 Å². The molecule has 6 nitrogen and oxygen atoms in total. The molecule has 3 aromatic carbocycles. The van der Waals surface area contributed by atoms with Gasteiger partial charge in [-0.05, 0) is 42.0 Å². The largest absolute Gasteiger partial charge is 0.489 e. The second kappa shape index (κ2) is 12.0. The van der Waals surface area contributed by atoms with Gasteiger partial charge in [0, 0.05) is 36.8 Å². The van der Waals surface area contributed by atoms with Crippen LogP contribution < -0.4 is 15.0 Å². The van der Waals surface area contributed by atoms with Crippen molar-refractivity contribution in [2.75, 3.05) is 16.8 Å². The lowest BCUT2D eigenvalue weighted by Gasteiger charge is -2.21. The van der Waals surface area contributed by atoms with E-state index in [1.54, 1.807) is 42.5 Å². The molecule has 1 N–H and O–H groups in total. The maximum atomic E-state index is 13.3. The number of nitriles is 1. The average Bonchev–Trinajstić information content (AvgIpc) is 2.83. The summed E-state index contributed by atoms with van der Waals surface area (Å²) in [5.41, 5.74) is 2.08. The molecule has 0 aromatic heterocycles. The Balaban J connectivity index is 1.53. The zero-order valence-electron chi connectivity index (χ0n) is 18.0. The van der Waals surface area contributed by atoms with Gasteiger partial charge in [-0.15, -0.1) is 0 Å². The minimum absolute atomic E-state index is 0.0126. The topological polar surface area (TPSA) is 82.4 Å². The van der Waals surface area contributed by atoms with E-state index in [0.717, 1.165) is 5.56 Å². The van der Waals surface area contributed by atoms with Crippen LogP contribution in [-0.2, 0) is 16.2 Å². The highest BCUT2D eigenvalue weighted by molar-refractivity contribution is 5.98. The van der Waals surface area contributed by atoms with E-state index >= 15 is 0 Å². The van der Waals surface area contributed by atoms with Crippen molar-refractivity contribution in [3.63, 3.8) is 0 Å². The summed E-state index contributed by atoms with van der Waals surface area (Å²) in [6, 6.07) is 24.1. The van der Waals surface area contributed by atoms with Crippen LogP contribution in [0.3, 0.4) is 0 Å². The number of benzene rings is 3. The van der Waals surface area contributed by atoms with Crippen LogP contribution in [-0.4, -0.2) is 18.4 Å². The predicted octanol–water partition coefficient (Wildman–Crippen LogP) is 5.07. The Morgan fingerprint density at radius 3 is 2.52 bits per heavy atom. The Labute approximate surface area is 192 Å². The predicted molar refractivity (Wildman–Crippen MR) is 124 cm³/mol. The van der Waals surface area contributed by atoms with Gasteiger partial charge in [0.05, 0.1) is 12.5 Å². The fourth-order valence-electron chi connectivity index (χ4n) is 3.21. The summed E-state index contributed by atoms with van der Waals surface area (Å²) in [7, 11) is 0. The fraction of sp³-hybridized carbons (Fsp3) is 0.192. The Morgan fingerprint density at radius 1 is 0.970 bits per heavy atom. The van der Waals surface area contributed by atoms with Crippen molar-refractivity contribution in [3.8, 4) is 11.8 Å². The minimum Gasteiger partial charge on any atom is -0.489 e. The standard InChI is InChI=1S/C26H24FN3O3/c27-21-8-5-12-24(18-21)33-19-20-7-4-9-22(17-20)29-25(31)13-14-26(32)30(16-6-15-28)23-10-2-1-3-11-23/h1-5,7-12,17-18H,6,13-14,16,19H2,(H,29,31). The molecule has 2 amide bonds. The molecule has 7 heteroatoms. The van der Waals surface area contributed by atoms with Gasteiger partial charge in [-0.25, -0.2) is 4.39 Å². The van der Waals surface area contributed by atoms with Crippen molar-refractivity contribution in [1.82, 2.24) is 0 Å². The van der Waals surface area contributed by atoms with E-state index in [9.17, 15) is 14.0 Å². The van der Waals surface area contributed by atoms with Gasteiger partial charge in [-0.3, -0.25) is 9.59 Å². The first-order chi connectivity index (χ1) is 16.0. The molecule has 168 valence electrons. The smallest absolute Gasteiger partial charge is 0.227 e. The Kier molecular flexibility index (Phi) is 8.55. The van der Waals surface area contributed by atoms with Crippen molar-refractivity contribution in [2.24, 2.45) is 0 Å². The second-order valence-electron chi connectivity index (χ2n) is 7.28. The van der Waals surface area contributed by atoms with E-state index in [4.69, 9.17) is 10.00 Å².